The molecule has 134 valence electrons. The Morgan fingerprint density at radius 3 is 2.84 bits per heavy atom. The van der Waals surface area contributed by atoms with Crippen LogP contribution in [-0.4, -0.2) is 67.9 Å². The number of rotatable bonds is 7. The summed E-state index contributed by atoms with van der Waals surface area (Å²) < 4.78 is 1.82. The van der Waals surface area contributed by atoms with Gasteiger partial charge in [-0.25, -0.2) is 9.97 Å². The van der Waals surface area contributed by atoms with E-state index in [1.807, 2.05) is 21.8 Å². The lowest BCUT2D eigenvalue weighted by Crippen LogP contribution is -2.46. The van der Waals surface area contributed by atoms with Crippen molar-refractivity contribution in [3.05, 3.63) is 36.9 Å². The summed E-state index contributed by atoms with van der Waals surface area (Å²) >= 11 is 0. The topological polar surface area (TPSA) is 87.4 Å². The number of carbonyl (C=O) groups is 1. The van der Waals surface area contributed by atoms with Gasteiger partial charge in [-0.3, -0.25) is 9.48 Å². The van der Waals surface area contributed by atoms with Gasteiger partial charge in [0.2, 0.25) is 11.9 Å². The minimum atomic E-state index is -0.925. The number of aromatic nitrogens is 4. The van der Waals surface area contributed by atoms with Crippen LogP contribution in [0.2, 0.25) is 0 Å². The fourth-order valence-electron chi connectivity index (χ4n) is 3.16. The largest absolute Gasteiger partial charge is 0.386 e. The van der Waals surface area contributed by atoms with Gasteiger partial charge in [0, 0.05) is 51.3 Å². The maximum absolute atomic E-state index is 12.3. The summed E-state index contributed by atoms with van der Waals surface area (Å²) in [5.41, 5.74) is -0.925. The predicted molar refractivity (Wildman–Crippen MR) is 92.9 cm³/mol. The number of aliphatic hydroxyl groups is 1. The molecule has 1 atom stereocenters. The lowest BCUT2D eigenvalue weighted by Gasteiger charge is -2.29. The molecule has 8 nitrogen and oxygen atoms in total. The van der Waals surface area contributed by atoms with Crippen LogP contribution in [0.1, 0.15) is 19.3 Å². The second-order valence-corrected chi connectivity index (χ2v) is 6.57. The number of β-amino-alcohol motifs (C(OH)–C–C–N with tert-alkyl or cyclic N) is 1. The number of amides is 1. The molecular weight excluding hydrogens is 320 g/mol. The summed E-state index contributed by atoms with van der Waals surface area (Å²) in [5, 5.41) is 14.9. The Kier molecular flexibility index (Phi) is 5.28. The summed E-state index contributed by atoms with van der Waals surface area (Å²) in [7, 11) is 1.75. The van der Waals surface area contributed by atoms with Crippen LogP contribution < -0.4 is 4.90 Å². The molecule has 3 heterocycles. The molecule has 2 aromatic rings. The van der Waals surface area contributed by atoms with Crippen LogP contribution in [0.15, 0.2) is 36.9 Å². The molecule has 0 aliphatic carbocycles. The van der Waals surface area contributed by atoms with Crippen molar-refractivity contribution in [3.63, 3.8) is 0 Å². The van der Waals surface area contributed by atoms with Crippen molar-refractivity contribution in [1.82, 2.24) is 24.6 Å². The molecule has 3 rings (SSSR count). The van der Waals surface area contributed by atoms with Crippen molar-refractivity contribution >= 4 is 11.9 Å². The molecule has 1 N–H and O–H groups in total. The second-order valence-electron chi connectivity index (χ2n) is 6.57. The van der Waals surface area contributed by atoms with Gasteiger partial charge in [-0.15, -0.1) is 0 Å². The monoisotopic (exact) mass is 344 g/mol. The van der Waals surface area contributed by atoms with Gasteiger partial charge in [0.25, 0.3) is 0 Å². The van der Waals surface area contributed by atoms with E-state index in [-0.39, 0.29) is 5.91 Å². The third-order valence-corrected chi connectivity index (χ3v) is 4.46. The summed E-state index contributed by atoms with van der Waals surface area (Å²) in [6.07, 6.45) is 8.76. The maximum atomic E-state index is 12.3. The first-order valence-corrected chi connectivity index (χ1v) is 8.51. The number of aryl methyl sites for hydroxylation is 1. The molecule has 0 spiro atoms. The van der Waals surface area contributed by atoms with Gasteiger partial charge >= 0.3 is 0 Å². The van der Waals surface area contributed by atoms with Crippen molar-refractivity contribution in [2.45, 2.75) is 31.4 Å². The molecule has 2 aromatic heterocycles. The highest BCUT2D eigenvalue weighted by molar-refractivity contribution is 5.75. The van der Waals surface area contributed by atoms with E-state index in [0.717, 1.165) is 13.0 Å². The number of hydrogen-bond acceptors (Lipinski definition) is 6. The molecular formula is C17H24N6O2. The zero-order valence-electron chi connectivity index (χ0n) is 14.5. The highest BCUT2D eigenvalue weighted by Crippen LogP contribution is 2.25. The molecule has 0 saturated carbocycles. The van der Waals surface area contributed by atoms with E-state index < -0.39 is 5.60 Å². The first-order valence-electron chi connectivity index (χ1n) is 8.51. The smallest absolute Gasteiger partial charge is 0.225 e. The Hall–Kier alpha value is -2.48. The normalized spacial score (nSPS) is 20.0. The highest BCUT2D eigenvalue weighted by Gasteiger charge is 2.38. The van der Waals surface area contributed by atoms with Crippen molar-refractivity contribution < 1.29 is 9.90 Å². The minimum absolute atomic E-state index is 0.0370. The third-order valence-electron chi connectivity index (χ3n) is 4.46. The number of nitrogens with zero attached hydrogens (tertiary/aromatic N) is 6. The van der Waals surface area contributed by atoms with Gasteiger partial charge in [0.05, 0.1) is 13.1 Å². The molecule has 25 heavy (non-hydrogen) atoms. The summed E-state index contributed by atoms with van der Waals surface area (Å²) in [5.74, 6) is 0.654. The van der Waals surface area contributed by atoms with Gasteiger partial charge in [-0.2, -0.15) is 5.10 Å². The van der Waals surface area contributed by atoms with Crippen molar-refractivity contribution in [1.29, 1.82) is 0 Å². The molecule has 1 unspecified atom stereocenters. The van der Waals surface area contributed by atoms with E-state index >= 15 is 0 Å². The van der Waals surface area contributed by atoms with Crippen LogP contribution in [0, 0.1) is 0 Å². The number of anilines is 1. The van der Waals surface area contributed by atoms with Crippen LogP contribution in [0.5, 0.6) is 0 Å². The van der Waals surface area contributed by atoms with Gasteiger partial charge in [0.1, 0.15) is 5.60 Å². The Morgan fingerprint density at radius 1 is 1.32 bits per heavy atom. The zero-order valence-corrected chi connectivity index (χ0v) is 14.5. The molecule has 1 saturated heterocycles. The first kappa shape index (κ1) is 17.3. The zero-order chi connectivity index (χ0) is 17.7. The van der Waals surface area contributed by atoms with E-state index in [1.165, 1.54) is 0 Å². The van der Waals surface area contributed by atoms with Gasteiger partial charge in [-0.1, -0.05) is 0 Å². The Morgan fingerprint density at radius 2 is 2.12 bits per heavy atom. The lowest BCUT2D eigenvalue weighted by molar-refractivity contribution is -0.133. The van der Waals surface area contributed by atoms with E-state index in [4.69, 9.17) is 0 Å². The Balaban J connectivity index is 1.46. The Bertz CT molecular complexity index is 678. The van der Waals surface area contributed by atoms with E-state index in [0.29, 0.717) is 38.4 Å². The van der Waals surface area contributed by atoms with Gasteiger partial charge in [-0.05, 0) is 25.0 Å². The van der Waals surface area contributed by atoms with Crippen molar-refractivity contribution in [3.8, 4) is 0 Å². The first-order chi connectivity index (χ1) is 12.1. The van der Waals surface area contributed by atoms with Crippen molar-refractivity contribution in [2.24, 2.45) is 0 Å². The standard InChI is InChI=1S/C17H24N6O2/c1-21(15(24)5-2-10-23-11-4-9-20-23)13-17(25)6-12-22(14-17)16-18-7-3-8-19-16/h3-4,7-9,11,25H,2,5-6,10,12-14H2,1H3. The van der Waals surface area contributed by atoms with Gasteiger partial charge in [0.15, 0.2) is 0 Å². The summed E-state index contributed by atoms with van der Waals surface area (Å²) in [6, 6.07) is 3.63. The molecule has 8 heteroatoms. The van der Waals surface area contributed by atoms with Crippen LogP contribution in [0.4, 0.5) is 5.95 Å². The highest BCUT2D eigenvalue weighted by atomic mass is 16.3. The quantitative estimate of drug-likeness (QED) is 0.789. The van der Waals surface area contributed by atoms with E-state index in [1.54, 1.807) is 36.6 Å². The number of likely N-dealkylation sites (N-methyl/N-ethyl adjacent to an activating group) is 1. The fourth-order valence-corrected chi connectivity index (χ4v) is 3.16. The average Bonchev–Trinajstić information content (AvgIpc) is 3.25. The van der Waals surface area contributed by atoms with Crippen LogP contribution >= 0.6 is 0 Å². The molecule has 1 amide bonds. The van der Waals surface area contributed by atoms with E-state index in [2.05, 4.69) is 15.1 Å². The van der Waals surface area contributed by atoms with E-state index in [9.17, 15) is 9.90 Å². The lowest BCUT2D eigenvalue weighted by atomic mass is 10.0. The second kappa shape index (κ2) is 7.60. The average molecular weight is 344 g/mol. The van der Waals surface area contributed by atoms with Crippen LogP contribution in [0.3, 0.4) is 0 Å². The van der Waals surface area contributed by atoms with Gasteiger partial charge < -0.3 is 14.9 Å². The van der Waals surface area contributed by atoms with Crippen molar-refractivity contribution in [2.75, 3.05) is 31.6 Å². The summed E-state index contributed by atoms with van der Waals surface area (Å²) in [6.45, 7) is 2.15. The SMILES string of the molecule is CN(CC1(O)CCN(c2ncccn2)C1)C(=O)CCCn1cccn1. The maximum Gasteiger partial charge on any atom is 0.225 e. The molecule has 0 radical (unpaired) electrons. The summed E-state index contributed by atoms with van der Waals surface area (Å²) in [4.78, 5) is 24.3. The molecule has 1 aliphatic rings. The third kappa shape index (κ3) is 4.54. The number of carbonyl (C=O) groups excluding carboxylic acids is 1. The Labute approximate surface area is 147 Å². The minimum Gasteiger partial charge on any atom is -0.386 e. The molecule has 0 bridgehead atoms. The van der Waals surface area contributed by atoms with Crippen LogP contribution in [0.25, 0.3) is 0 Å². The molecule has 1 fully saturated rings. The van der Waals surface area contributed by atoms with Crippen LogP contribution in [-0.2, 0) is 11.3 Å². The number of hydrogen-bond donors (Lipinski definition) is 1. The molecule has 1 aliphatic heterocycles. The predicted octanol–water partition coefficient (Wildman–Crippen LogP) is 0.553. The fraction of sp³-hybridized carbons (Fsp3) is 0.529. The molecule has 0 aromatic carbocycles.